The molecule has 0 radical (unpaired) electrons. The van der Waals surface area contributed by atoms with Crippen LogP contribution in [0.25, 0.3) is 10.2 Å². The standard InChI is InChI=1S/C18H21N5O2S/c1-9-5-6-12-14(7-9)26-17-15(12)18(25)23(11(3)19-17)21-16(24)13-8-22(4)20-10(13)2/h8-9H,5-7H2,1-4H3,(H,21,24)/t9-/m1/s1. The van der Waals surface area contributed by atoms with E-state index in [1.807, 2.05) is 0 Å². The molecule has 1 atom stereocenters. The van der Waals surface area contributed by atoms with Crippen LogP contribution in [-0.2, 0) is 19.9 Å². The van der Waals surface area contributed by atoms with E-state index >= 15 is 0 Å². The van der Waals surface area contributed by atoms with Crippen LogP contribution in [0.15, 0.2) is 11.0 Å². The molecule has 0 unspecified atom stereocenters. The highest BCUT2D eigenvalue weighted by atomic mass is 32.1. The number of carbonyl (C=O) groups is 1. The van der Waals surface area contributed by atoms with E-state index in [2.05, 4.69) is 22.4 Å². The molecule has 3 aromatic rings. The molecule has 8 heteroatoms. The average Bonchev–Trinajstić information content (AvgIpc) is 3.09. The number of nitrogens with one attached hydrogen (secondary N) is 1. The predicted molar refractivity (Wildman–Crippen MR) is 101 cm³/mol. The van der Waals surface area contributed by atoms with Gasteiger partial charge in [-0.3, -0.25) is 19.7 Å². The molecule has 3 aromatic heterocycles. The predicted octanol–water partition coefficient (Wildman–Crippen LogP) is 2.32. The minimum Gasteiger partial charge on any atom is -0.275 e. The zero-order valence-electron chi connectivity index (χ0n) is 15.3. The van der Waals surface area contributed by atoms with E-state index in [4.69, 9.17) is 0 Å². The van der Waals surface area contributed by atoms with Crippen molar-refractivity contribution >= 4 is 27.5 Å². The van der Waals surface area contributed by atoms with Crippen molar-refractivity contribution in [2.45, 2.75) is 40.0 Å². The summed E-state index contributed by atoms with van der Waals surface area (Å²) in [5.74, 6) is 0.746. The van der Waals surface area contributed by atoms with Gasteiger partial charge in [-0.1, -0.05) is 6.92 Å². The number of hydrogen-bond acceptors (Lipinski definition) is 5. The molecule has 3 heterocycles. The number of aromatic nitrogens is 4. The third kappa shape index (κ3) is 2.65. The second-order valence-electron chi connectivity index (χ2n) is 7.07. The maximum Gasteiger partial charge on any atom is 0.281 e. The zero-order chi connectivity index (χ0) is 18.6. The van der Waals surface area contributed by atoms with Crippen LogP contribution in [0.2, 0.25) is 0 Å². The summed E-state index contributed by atoms with van der Waals surface area (Å²) in [6.07, 6.45) is 4.61. The molecule has 0 saturated heterocycles. The number of fused-ring (bicyclic) bond motifs is 3. The Kier molecular flexibility index (Phi) is 3.95. The van der Waals surface area contributed by atoms with E-state index in [0.29, 0.717) is 28.4 Å². The Labute approximate surface area is 154 Å². The summed E-state index contributed by atoms with van der Waals surface area (Å²) >= 11 is 1.61. The van der Waals surface area contributed by atoms with Gasteiger partial charge in [0.15, 0.2) is 0 Å². The molecule has 1 aliphatic rings. The van der Waals surface area contributed by atoms with Gasteiger partial charge in [0.05, 0.1) is 16.6 Å². The molecule has 0 spiro atoms. The van der Waals surface area contributed by atoms with Crippen molar-refractivity contribution < 1.29 is 4.79 Å². The number of carbonyl (C=O) groups excluding carboxylic acids is 1. The summed E-state index contributed by atoms with van der Waals surface area (Å²) in [4.78, 5) is 32.3. The van der Waals surface area contributed by atoms with Crippen molar-refractivity contribution in [1.29, 1.82) is 0 Å². The summed E-state index contributed by atoms with van der Waals surface area (Å²) in [5.41, 5.74) is 4.67. The number of thiophene rings is 1. The van der Waals surface area contributed by atoms with Gasteiger partial charge in [0.1, 0.15) is 10.7 Å². The Morgan fingerprint density at radius 3 is 2.85 bits per heavy atom. The van der Waals surface area contributed by atoms with Gasteiger partial charge in [-0.05, 0) is 44.6 Å². The third-order valence-electron chi connectivity index (χ3n) is 4.97. The van der Waals surface area contributed by atoms with E-state index in [1.165, 1.54) is 9.55 Å². The lowest BCUT2D eigenvalue weighted by atomic mass is 9.89. The summed E-state index contributed by atoms with van der Waals surface area (Å²) in [7, 11) is 1.76. The molecule has 1 amide bonds. The fraction of sp³-hybridized carbons (Fsp3) is 0.444. The van der Waals surface area contributed by atoms with Crippen molar-refractivity contribution in [3.63, 3.8) is 0 Å². The van der Waals surface area contributed by atoms with Crippen molar-refractivity contribution in [3.05, 3.63) is 44.1 Å². The van der Waals surface area contributed by atoms with Crippen molar-refractivity contribution in [2.24, 2.45) is 13.0 Å². The molecule has 4 rings (SSSR count). The first-order chi connectivity index (χ1) is 12.3. The van der Waals surface area contributed by atoms with Crippen LogP contribution in [0, 0.1) is 19.8 Å². The van der Waals surface area contributed by atoms with Gasteiger partial charge in [0, 0.05) is 18.1 Å². The SMILES string of the molecule is Cc1nn(C)cc1C(=O)Nn1c(C)nc2sc3c(c2c1=O)CC[C@@H](C)C3. The van der Waals surface area contributed by atoms with Crippen LogP contribution < -0.4 is 11.0 Å². The van der Waals surface area contributed by atoms with Gasteiger partial charge in [-0.2, -0.15) is 5.10 Å². The van der Waals surface area contributed by atoms with Crippen molar-refractivity contribution in [3.8, 4) is 0 Å². The fourth-order valence-electron chi connectivity index (χ4n) is 3.61. The van der Waals surface area contributed by atoms with Crippen LogP contribution in [0.1, 0.15) is 45.7 Å². The normalized spacial score (nSPS) is 16.7. The van der Waals surface area contributed by atoms with E-state index in [-0.39, 0.29) is 11.5 Å². The second kappa shape index (κ2) is 6.05. The first-order valence-corrected chi connectivity index (χ1v) is 9.52. The van der Waals surface area contributed by atoms with Crippen LogP contribution in [-0.4, -0.2) is 25.3 Å². The highest BCUT2D eigenvalue weighted by molar-refractivity contribution is 7.18. The van der Waals surface area contributed by atoms with Gasteiger partial charge in [0.2, 0.25) is 0 Å². The average molecular weight is 371 g/mol. The molecule has 7 nitrogen and oxygen atoms in total. The lowest BCUT2D eigenvalue weighted by molar-refractivity contribution is 0.101. The lowest BCUT2D eigenvalue weighted by Crippen LogP contribution is -2.35. The molecule has 0 fully saturated rings. The molecular formula is C18H21N5O2S. The lowest BCUT2D eigenvalue weighted by Gasteiger charge is -2.17. The van der Waals surface area contributed by atoms with Crippen LogP contribution in [0.3, 0.4) is 0 Å². The zero-order valence-corrected chi connectivity index (χ0v) is 16.1. The van der Waals surface area contributed by atoms with Crippen molar-refractivity contribution in [1.82, 2.24) is 19.4 Å². The molecule has 0 bridgehead atoms. The van der Waals surface area contributed by atoms with Gasteiger partial charge in [-0.25, -0.2) is 9.66 Å². The van der Waals surface area contributed by atoms with Crippen LogP contribution >= 0.6 is 11.3 Å². The smallest absolute Gasteiger partial charge is 0.275 e. The van der Waals surface area contributed by atoms with E-state index in [1.54, 1.807) is 43.1 Å². The largest absolute Gasteiger partial charge is 0.281 e. The topological polar surface area (TPSA) is 81.8 Å². The molecule has 1 N–H and O–H groups in total. The summed E-state index contributed by atoms with van der Waals surface area (Å²) < 4.78 is 2.85. The third-order valence-corrected chi connectivity index (χ3v) is 6.12. The Morgan fingerprint density at radius 2 is 2.15 bits per heavy atom. The number of nitrogens with zero attached hydrogens (tertiary/aromatic N) is 4. The van der Waals surface area contributed by atoms with Gasteiger partial charge in [-0.15, -0.1) is 11.3 Å². The number of aryl methyl sites for hydroxylation is 4. The first-order valence-electron chi connectivity index (χ1n) is 8.70. The maximum absolute atomic E-state index is 13.1. The van der Waals surface area contributed by atoms with Crippen LogP contribution in [0.5, 0.6) is 0 Å². The molecule has 136 valence electrons. The molecule has 26 heavy (non-hydrogen) atoms. The molecule has 1 aliphatic carbocycles. The second-order valence-corrected chi connectivity index (χ2v) is 8.16. The van der Waals surface area contributed by atoms with Crippen molar-refractivity contribution in [2.75, 3.05) is 5.43 Å². The summed E-state index contributed by atoms with van der Waals surface area (Å²) in [6.45, 7) is 5.74. The monoisotopic (exact) mass is 371 g/mol. The number of amides is 1. The molecule has 0 aliphatic heterocycles. The molecule has 0 saturated carbocycles. The summed E-state index contributed by atoms with van der Waals surface area (Å²) in [5, 5.41) is 4.84. The summed E-state index contributed by atoms with van der Waals surface area (Å²) in [6, 6.07) is 0. The highest BCUT2D eigenvalue weighted by Gasteiger charge is 2.24. The van der Waals surface area contributed by atoms with Gasteiger partial charge >= 0.3 is 0 Å². The van der Waals surface area contributed by atoms with E-state index in [9.17, 15) is 9.59 Å². The molecule has 0 aromatic carbocycles. The van der Waals surface area contributed by atoms with Crippen LogP contribution in [0.4, 0.5) is 0 Å². The first kappa shape index (κ1) is 17.0. The number of hydrogen-bond donors (Lipinski definition) is 1. The molecular weight excluding hydrogens is 350 g/mol. The number of rotatable bonds is 2. The fourth-order valence-corrected chi connectivity index (χ4v) is 5.03. The Balaban J connectivity index is 1.79. The van der Waals surface area contributed by atoms with Gasteiger partial charge in [0.25, 0.3) is 11.5 Å². The minimum absolute atomic E-state index is 0.200. The Morgan fingerprint density at radius 1 is 1.38 bits per heavy atom. The maximum atomic E-state index is 13.1. The van der Waals surface area contributed by atoms with E-state index < -0.39 is 0 Å². The minimum atomic E-state index is -0.361. The quantitative estimate of drug-likeness (QED) is 0.749. The Hall–Kier alpha value is -2.48. The van der Waals surface area contributed by atoms with Gasteiger partial charge < -0.3 is 0 Å². The van der Waals surface area contributed by atoms with E-state index in [0.717, 1.165) is 29.7 Å². The Bertz CT molecular complexity index is 1090. The highest BCUT2D eigenvalue weighted by Crippen LogP contribution is 2.35.